The van der Waals surface area contributed by atoms with Crippen LogP contribution in [0.4, 0.5) is 0 Å². The minimum atomic E-state index is -0.362. The first-order valence-electron chi connectivity index (χ1n) is 8.96. The summed E-state index contributed by atoms with van der Waals surface area (Å²) in [4.78, 5) is 12.5. The van der Waals surface area contributed by atoms with E-state index < -0.39 is 0 Å². The van der Waals surface area contributed by atoms with E-state index >= 15 is 0 Å². The Morgan fingerprint density at radius 3 is 2.74 bits per heavy atom. The van der Waals surface area contributed by atoms with Gasteiger partial charge in [-0.3, -0.25) is 4.79 Å². The minimum Gasteiger partial charge on any atom is -0.457 e. The molecule has 1 aliphatic rings. The van der Waals surface area contributed by atoms with Crippen molar-refractivity contribution in [2.45, 2.75) is 38.6 Å². The Labute approximate surface area is 168 Å². The molecule has 1 fully saturated rings. The quantitative estimate of drug-likeness (QED) is 0.514. The van der Waals surface area contributed by atoms with Crippen LogP contribution in [0.3, 0.4) is 0 Å². The molecular weight excluding hydrogens is 383 g/mol. The molecule has 4 nitrogen and oxygen atoms in total. The highest BCUT2D eigenvalue weighted by Gasteiger charge is 2.24. The number of nitrogens with one attached hydrogen (secondary N) is 1. The largest absolute Gasteiger partial charge is 0.457 e. The second-order valence-corrected chi connectivity index (χ2v) is 7.68. The molecule has 1 aromatic heterocycles. The highest BCUT2D eigenvalue weighted by Crippen LogP contribution is 2.32. The molecule has 1 N–H and O–H groups in total. The van der Waals surface area contributed by atoms with Crippen LogP contribution in [0.1, 0.15) is 38.4 Å². The number of hydrogen-bond donors (Lipinski definition) is 1. The smallest absolute Gasteiger partial charge is 0.262 e. The van der Waals surface area contributed by atoms with Gasteiger partial charge in [0.15, 0.2) is 0 Å². The van der Waals surface area contributed by atoms with Gasteiger partial charge in [-0.25, -0.2) is 0 Å². The lowest BCUT2D eigenvalue weighted by molar-refractivity contribution is -0.118. The van der Waals surface area contributed by atoms with Crippen molar-refractivity contribution < 1.29 is 9.21 Å². The molecule has 6 heteroatoms. The number of carbonyl (C=O) groups is 1. The third kappa shape index (κ3) is 4.74. The zero-order chi connectivity index (χ0) is 19.4. The van der Waals surface area contributed by atoms with Gasteiger partial charge >= 0.3 is 0 Å². The lowest BCUT2D eigenvalue weighted by Crippen LogP contribution is -2.41. The number of furan rings is 1. The standard InChI is InChI=1S/C21H20Cl2N2O2/c1-13-4-2-3-5-19(13)25-21(26)14(12-24)10-16-7-9-20(27-16)17-8-6-15(22)11-18(17)23/h6-11,13,19H,2-5H2,1H3,(H,25,26)/b14-10+/t13-,19-/m1/s1. The maximum atomic E-state index is 12.5. The molecule has 1 amide bonds. The SMILES string of the molecule is C[C@@H]1CCCC[C@H]1NC(=O)/C(C#N)=C/c1ccc(-c2ccc(Cl)cc2Cl)o1. The minimum absolute atomic E-state index is 0.0240. The Morgan fingerprint density at radius 1 is 1.26 bits per heavy atom. The fourth-order valence-corrected chi connectivity index (χ4v) is 3.83. The van der Waals surface area contributed by atoms with Crippen LogP contribution in [-0.2, 0) is 4.79 Å². The Kier molecular flexibility index (Phi) is 6.26. The predicted octanol–water partition coefficient (Wildman–Crippen LogP) is 5.86. The normalized spacial score (nSPS) is 20.1. The van der Waals surface area contributed by atoms with E-state index in [1.165, 1.54) is 12.5 Å². The number of carbonyl (C=O) groups excluding carboxylic acids is 1. The van der Waals surface area contributed by atoms with Crippen LogP contribution in [0.2, 0.25) is 10.0 Å². The molecule has 1 aromatic carbocycles. The Balaban J connectivity index is 1.77. The molecule has 0 aliphatic heterocycles. The van der Waals surface area contributed by atoms with Crippen molar-refractivity contribution in [3.63, 3.8) is 0 Å². The second-order valence-electron chi connectivity index (χ2n) is 6.84. The molecule has 0 radical (unpaired) electrons. The fourth-order valence-electron chi connectivity index (χ4n) is 3.33. The van der Waals surface area contributed by atoms with Crippen LogP contribution in [0.15, 0.2) is 40.3 Å². The monoisotopic (exact) mass is 402 g/mol. The van der Waals surface area contributed by atoms with Gasteiger partial charge in [-0.05, 0) is 49.1 Å². The van der Waals surface area contributed by atoms with Crippen LogP contribution < -0.4 is 5.32 Å². The van der Waals surface area contributed by atoms with Gasteiger partial charge in [-0.1, -0.05) is 43.0 Å². The number of nitriles is 1. The van der Waals surface area contributed by atoms with E-state index in [0.717, 1.165) is 19.3 Å². The summed E-state index contributed by atoms with van der Waals surface area (Å²) in [6.45, 7) is 2.13. The Bertz CT molecular complexity index is 911. The molecular formula is C21H20Cl2N2O2. The summed E-state index contributed by atoms with van der Waals surface area (Å²) < 4.78 is 5.75. The van der Waals surface area contributed by atoms with Crippen LogP contribution in [0.5, 0.6) is 0 Å². The number of amides is 1. The second kappa shape index (κ2) is 8.65. The van der Waals surface area contributed by atoms with Gasteiger partial charge in [-0.2, -0.15) is 5.26 Å². The average molecular weight is 403 g/mol. The van der Waals surface area contributed by atoms with Gasteiger partial charge < -0.3 is 9.73 Å². The van der Waals surface area contributed by atoms with Crippen molar-refractivity contribution in [2.24, 2.45) is 5.92 Å². The summed E-state index contributed by atoms with van der Waals surface area (Å²) in [7, 11) is 0. The van der Waals surface area contributed by atoms with Crippen LogP contribution in [-0.4, -0.2) is 11.9 Å². The third-order valence-electron chi connectivity index (χ3n) is 4.90. The molecule has 2 atom stereocenters. The van der Waals surface area contributed by atoms with Crippen molar-refractivity contribution in [1.82, 2.24) is 5.32 Å². The van der Waals surface area contributed by atoms with E-state index in [0.29, 0.717) is 33.0 Å². The number of nitrogens with zero attached hydrogens (tertiary/aromatic N) is 1. The van der Waals surface area contributed by atoms with E-state index in [1.54, 1.807) is 30.3 Å². The van der Waals surface area contributed by atoms with Crippen molar-refractivity contribution >= 4 is 35.2 Å². The summed E-state index contributed by atoms with van der Waals surface area (Å²) in [5, 5.41) is 13.4. The van der Waals surface area contributed by atoms with E-state index in [-0.39, 0.29) is 17.5 Å². The molecule has 1 aliphatic carbocycles. The highest BCUT2D eigenvalue weighted by molar-refractivity contribution is 6.36. The molecule has 27 heavy (non-hydrogen) atoms. The highest BCUT2D eigenvalue weighted by atomic mass is 35.5. The van der Waals surface area contributed by atoms with Gasteiger partial charge in [0.05, 0.1) is 5.02 Å². The average Bonchev–Trinajstić information content (AvgIpc) is 3.09. The third-order valence-corrected chi connectivity index (χ3v) is 5.45. The maximum absolute atomic E-state index is 12.5. The van der Waals surface area contributed by atoms with Crippen molar-refractivity contribution in [1.29, 1.82) is 5.26 Å². The molecule has 0 bridgehead atoms. The first kappa shape index (κ1) is 19.5. The predicted molar refractivity (Wildman–Crippen MR) is 107 cm³/mol. The molecule has 0 spiro atoms. The molecule has 140 valence electrons. The number of benzene rings is 1. The summed E-state index contributed by atoms with van der Waals surface area (Å²) >= 11 is 12.1. The van der Waals surface area contributed by atoms with Crippen LogP contribution >= 0.6 is 23.2 Å². The molecule has 0 unspecified atom stereocenters. The van der Waals surface area contributed by atoms with Crippen molar-refractivity contribution in [3.8, 4) is 17.4 Å². The lowest BCUT2D eigenvalue weighted by atomic mass is 9.86. The van der Waals surface area contributed by atoms with E-state index in [9.17, 15) is 10.1 Å². The van der Waals surface area contributed by atoms with E-state index in [4.69, 9.17) is 27.6 Å². The van der Waals surface area contributed by atoms with Gasteiger partial charge in [0, 0.05) is 22.7 Å². The lowest BCUT2D eigenvalue weighted by Gasteiger charge is -2.29. The summed E-state index contributed by atoms with van der Waals surface area (Å²) in [6, 6.07) is 10.7. The summed E-state index contributed by atoms with van der Waals surface area (Å²) in [5.41, 5.74) is 0.718. The summed E-state index contributed by atoms with van der Waals surface area (Å²) in [6.07, 6.45) is 5.79. The topological polar surface area (TPSA) is 66.0 Å². The molecule has 1 saturated carbocycles. The van der Waals surface area contributed by atoms with E-state index in [2.05, 4.69) is 12.2 Å². The molecule has 3 rings (SSSR count). The first-order chi connectivity index (χ1) is 13.0. The summed E-state index contributed by atoms with van der Waals surface area (Å²) in [5.74, 6) is 1.02. The molecule has 0 saturated heterocycles. The maximum Gasteiger partial charge on any atom is 0.262 e. The molecule has 2 aromatic rings. The van der Waals surface area contributed by atoms with Crippen molar-refractivity contribution in [3.05, 3.63) is 51.7 Å². The van der Waals surface area contributed by atoms with Crippen molar-refractivity contribution in [2.75, 3.05) is 0 Å². The Morgan fingerprint density at radius 2 is 2.04 bits per heavy atom. The Hall–Kier alpha value is -2.22. The number of hydrogen-bond acceptors (Lipinski definition) is 3. The zero-order valence-corrected chi connectivity index (χ0v) is 16.5. The van der Waals surface area contributed by atoms with Gasteiger partial charge in [0.25, 0.3) is 5.91 Å². The van der Waals surface area contributed by atoms with Gasteiger partial charge in [-0.15, -0.1) is 0 Å². The number of rotatable bonds is 4. The van der Waals surface area contributed by atoms with Gasteiger partial charge in [0.2, 0.25) is 0 Å². The fraction of sp³-hybridized carbons (Fsp3) is 0.333. The van der Waals surface area contributed by atoms with Crippen LogP contribution in [0, 0.1) is 17.2 Å². The first-order valence-corrected chi connectivity index (χ1v) is 9.71. The van der Waals surface area contributed by atoms with Crippen LogP contribution in [0.25, 0.3) is 17.4 Å². The number of halogens is 2. The molecule has 1 heterocycles. The zero-order valence-electron chi connectivity index (χ0n) is 15.0. The van der Waals surface area contributed by atoms with E-state index in [1.807, 2.05) is 6.07 Å². The van der Waals surface area contributed by atoms with Gasteiger partial charge in [0.1, 0.15) is 23.2 Å².